The number of methoxy groups -OCH3 is 1. The number of ether oxygens (including phenoxy) is 1. The molecule has 6 heteroatoms. The predicted molar refractivity (Wildman–Crippen MR) is 87.3 cm³/mol. The molecule has 0 aliphatic heterocycles. The summed E-state index contributed by atoms with van der Waals surface area (Å²) in [7, 11) is 1.49. The van der Waals surface area contributed by atoms with Gasteiger partial charge in [0.25, 0.3) is 0 Å². The average molecular weight is 308 g/mol. The first-order valence-electron chi connectivity index (χ1n) is 7.11. The van der Waals surface area contributed by atoms with E-state index < -0.39 is 0 Å². The molecule has 1 amide bonds. The lowest BCUT2D eigenvalue weighted by atomic mass is 10.2. The van der Waals surface area contributed by atoms with Crippen molar-refractivity contribution in [2.45, 2.75) is 0 Å². The van der Waals surface area contributed by atoms with E-state index in [2.05, 4.69) is 15.3 Å². The highest BCUT2D eigenvalue weighted by Gasteiger charge is 2.09. The van der Waals surface area contributed by atoms with Crippen LogP contribution >= 0.6 is 0 Å². The van der Waals surface area contributed by atoms with Crippen molar-refractivity contribution < 1.29 is 9.53 Å². The molecule has 3 aromatic rings. The van der Waals surface area contributed by atoms with Gasteiger partial charge >= 0.3 is 0 Å². The minimum atomic E-state index is -0.192. The van der Waals surface area contributed by atoms with Gasteiger partial charge in [-0.1, -0.05) is 6.07 Å². The third kappa shape index (κ3) is 3.44. The maximum absolute atomic E-state index is 11.6. The Morgan fingerprint density at radius 3 is 2.96 bits per heavy atom. The number of carbonyl (C=O) groups excluding carboxylic acids is 1. The molecule has 1 N–H and O–H groups in total. The molecule has 0 saturated carbocycles. The van der Waals surface area contributed by atoms with E-state index >= 15 is 0 Å². The Morgan fingerprint density at radius 1 is 1.26 bits per heavy atom. The fraction of sp³-hybridized carbons (Fsp3) is 0.118. The lowest BCUT2D eigenvalue weighted by Gasteiger charge is -2.10. The number of nitrogens with one attached hydrogen (secondary N) is 1. The molecule has 0 unspecified atom stereocenters. The number of hydrogen-bond donors (Lipinski definition) is 1. The first kappa shape index (κ1) is 14.9. The van der Waals surface area contributed by atoms with Crippen molar-refractivity contribution in [3.63, 3.8) is 0 Å². The number of carbonyl (C=O) groups is 1. The van der Waals surface area contributed by atoms with Crippen LogP contribution in [0, 0.1) is 0 Å². The summed E-state index contributed by atoms with van der Waals surface area (Å²) in [6.45, 7) is 0.0240. The van der Waals surface area contributed by atoms with E-state index in [1.165, 1.54) is 7.11 Å². The summed E-state index contributed by atoms with van der Waals surface area (Å²) in [5, 5.41) is 2.79. The van der Waals surface area contributed by atoms with Crippen LogP contribution < -0.4 is 5.32 Å². The van der Waals surface area contributed by atoms with Gasteiger partial charge < -0.3 is 10.1 Å². The van der Waals surface area contributed by atoms with Crippen molar-refractivity contribution >= 4 is 11.6 Å². The van der Waals surface area contributed by atoms with E-state index in [1.54, 1.807) is 18.6 Å². The highest BCUT2D eigenvalue weighted by atomic mass is 16.5. The summed E-state index contributed by atoms with van der Waals surface area (Å²) in [6.07, 6.45) is 7.10. The maximum atomic E-state index is 11.6. The number of anilines is 1. The van der Waals surface area contributed by atoms with E-state index in [4.69, 9.17) is 4.74 Å². The van der Waals surface area contributed by atoms with Gasteiger partial charge in [0.15, 0.2) is 0 Å². The summed E-state index contributed by atoms with van der Waals surface area (Å²) in [5.74, 6) is 0.598. The summed E-state index contributed by atoms with van der Waals surface area (Å²) in [4.78, 5) is 20.2. The van der Waals surface area contributed by atoms with Gasteiger partial charge in [0, 0.05) is 48.8 Å². The fourth-order valence-electron chi connectivity index (χ4n) is 2.28. The molecule has 0 aliphatic carbocycles. The van der Waals surface area contributed by atoms with E-state index in [9.17, 15) is 4.79 Å². The summed E-state index contributed by atoms with van der Waals surface area (Å²) < 4.78 is 6.77. The number of imidazole rings is 1. The molecule has 0 fully saturated rings. The SMILES string of the molecule is COCC(=O)Nc1cccc(-n2ccnc2-c2cccnc2)c1. The van der Waals surface area contributed by atoms with Crippen LogP contribution in [0.5, 0.6) is 0 Å². The van der Waals surface area contributed by atoms with Crippen LogP contribution in [0.2, 0.25) is 0 Å². The van der Waals surface area contributed by atoms with Crippen LogP contribution in [0.3, 0.4) is 0 Å². The van der Waals surface area contributed by atoms with Gasteiger partial charge in [-0.25, -0.2) is 4.98 Å². The predicted octanol–water partition coefficient (Wildman–Crippen LogP) is 2.52. The van der Waals surface area contributed by atoms with Crippen LogP contribution in [0.1, 0.15) is 0 Å². The number of pyridine rings is 1. The van der Waals surface area contributed by atoms with Crippen molar-refractivity contribution in [3.8, 4) is 17.1 Å². The van der Waals surface area contributed by atoms with Crippen molar-refractivity contribution in [1.29, 1.82) is 0 Å². The second kappa shape index (κ2) is 6.85. The third-order valence-corrected chi connectivity index (χ3v) is 3.24. The Bertz CT molecular complexity index is 799. The molecule has 116 valence electrons. The quantitative estimate of drug-likeness (QED) is 0.786. The highest BCUT2D eigenvalue weighted by molar-refractivity contribution is 5.91. The Balaban J connectivity index is 1.92. The number of nitrogens with zero attached hydrogens (tertiary/aromatic N) is 3. The topological polar surface area (TPSA) is 69.0 Å². The standard InChI is InChI=1S/C17H16N4O2/c1-23-12-16(22)20-14-5-2-6-15(10-14)21-9-8-19-17(21)13-4-3-7-18-11-13/h2-11H,12H2,1H3,(H,20,22). The van der Waals surface area contributed by atoms with E-state index in [0.29, 0.717) is 5.69 Å². The Kier molecular flexibility index (Phi) is 4.44. The molecule has 0 saturated heterocycles. The molecule has 1 aromatic carbocycles. The molecule has 0 radical (unpaired) electrons. The first-order valence-corrected chi connectivity index (χ1v) is 7.11. The van der Waals surface area contributed by atoms with Gasteiger partial charge in [-0.05, 0) is 30.3 Å². The molecule has 2 heterocycles. The minimum absolute atomic E-state index is 0.0240. The maximum Gasteiger partial charge on any atom is 0.250 e. The van der Waals surface area contributed by atoms with Gasteiger partial charge in [0.1, 0.15) is 12.4 Å². The minimum Gasteiger partial charge on any atom is -0.375 e. The average Bonchev–Trinajstić information content (AvgIpc) is 3.06. The molecular formula is C17H16N4O2. The zero-order chi connectivity index (χ0) is 16.1. The van der Waals surface area contributed by atoms with Crippen molar-refractivity contribution in [2.75, 3.05) is 19.0 Å². The number of hydrogen-bond acceptors (Lipinski definition) is 4. The molecular weight excluding hydrogens is 292 g/mol. The van der Waals surface area contributed by atoms with Crippen molar-refractivity contribution in [1.82, 2.24) is 14.5 Å². The van der Waals surface area contributed by atoms with Gasteiger partial charge in [0.05, 0.1) is 0 Å². The molecule has 0 aliphatic rings. The normalized spacial score (nSPS) is 10.5. The van der Waals surface area contributed by atoms with Crippen LogP contribution in [0.25, 0.3) is 17.1 Å². The van der Waals surface area contributed by atoms with Crippen molar-refractivity contribution in [2.24, 2.45) is 0 Å². The van der Waals surface area contributed by atoms with Gasteiger partial charge in [-0.15, -0.1) is 0 Å². The van der Waals surface area contributed by atoms with E-state index in [0.717, 1.165) is 17.1 Å². The number of benzene rings is 1. The second-order valence-corrected chi connectivity index (χ2v) is 4.89. The molecule has 0 bridgehead atoms. The lowest BCUT2D eigenvalue weighted by Crippen LogP contribution is -2.17. The van der Waals surface area contributed by atoms with Gasteiger partial charge in [0.2, 0.25) is 5.91 Å². The summed E-state index contributed by atoms with van der Waals surface area (Å²) >= 11 is 0. The molecule has 6 nitrogen and oxygen atoms in total. The summed E-state index contributed by atoms with van der Waals surface area (Å²) in [6, 6.07) is 11.4. The van der Waals surface area contributed by atoms with Crippen LogP contribution in [0.15, 0.2) is 61.2 Å². The van der Waals surface area contributed by atoms with Crippen molar-refractivity contribution in [3.05, 3.63) is 61.2 Å². The van der Waals surface area contributed by atoms with E-state index in [-0.39, 0.29) is 12.5 Å². The lowest BCUT2D eigenvalue weighted by molar-refractivity contribution is -0.119. The van der Waals surface area contributed by atoms with E-state index in [1.807, 2.05) is 47.2 Å². The number of rotatable bonds is 5. The van der Waals surface area contributed by atoms with Crippen LogP contribution in [-0.2, 0) is 9.53 Å². The largest absolute Gasteiger partial charge is 0.375 e. The smallest absolute Gasteiger partial charge is 0.250 e. The van der Waals surface area contributed by atoms with Gasteiger partial charge in [-0.3, -0.25) is 14.3 Å². The Labute approximate surface area is 133 Å². The fourth-order valence-corrected chi connectivity index (χ4v) is 2.28. The highest BCUT2D eigenvalue weighted by Crippen LogP contribution is 2.22. The second-order valence-electron chi connectivity index (χ2n) is 4.89. The first-order chi connectivity index (χ1) is 11.3. The summed E-state index contributed by atoms with van der Waals surface area (Å²) in [5.41, 5.74) is 2.53. The molecule has 0 atom stereocenters. The number of aromatic nitrogens is 3. The monoisotopic (exact) mass is 308 g/mol. The molecule has 23 heavy (non-hydrogen) atoms. The third-order valence-electron chi connectivity index (χ3n) is 3.24. The zero-order valence-corrected chi connectivity index (χ0v) is 12.6. The zero-order valence-electron chi connectivity index (χ0n) is 12.6. The Morgan fingerprint density at radius 2 is 2.17 bits per heavy atom. The van der Waals surface area contributed by atoms with Gasteiger partial charge in [-0.2, -0.15) is 0 Å². The molecule has 0 spiro atoms. The number of amides is 1. The molecule has 3 rings (SSSR count). The van der Waals surface area contributed by atoms with Crippen LogP contribution in [-0.4, -0.2) is 34.2 Å². The van der Waals surface area contributed by atoms with Crippen LogP contribution in [0.4, 0.5) is 5.69 Å². The molecule has 2 aromatic heterocycles. The Hall–Kier alpha value is -2.99.